The molecular weight excluding hydrogens is 260 g/mol. The Bertz CT molecular complexity index is 522. The maximum absolute atomic E-state index is 11.2. The lowest BCUT2D eigenvalue weighted by Crippen LogP contribution is -2.45. The number of carbonyl (C=O) groups excluding carboxylic acids is 1. The predicted molar refractivity (Wildman–Crippen MR) is 86.3 cm³/mol. The summed E-state index contributed by atoms with van der Waals surface area (Å²) in [6.07, 6.45) is 6.04. The van der Waals surface area contributed by atoms with Gasteiger partial charge >= 0.3 is 0 Å². The molecule has 3 heteroatoms. The average Bonchev–Trinajstić information content (AvgIpc) is 2.76. The van der Waals surface area contributed by atoms with Crippen LogP contribution < -0.4 is 0 Å². The number of nitrogens with zero attached hydrogens (tertiary/aromatic N) is 2. The number of ketones is 1. The van der Waals surface area contributed by atoms with Crippen LogP contribution in [-0.4, -0.2) is 15.6 Å². The smallest absolute Gasteiger partial charge is 0.131 e. The Morgan fingerprint density at radius 3 is 2.62 bits per heavy atom. The minimum absolute atomic E-state index is 0.237. The van der Waals surface area contributed by atoms with Crippen molar-refractivity contribution < 1.29 is 4.79 Å². The fourth-order valence-corrected chi connectivity index (χ4v) is 4.11. The quantitative estimate of drug-likeness (QED) is 0.839. The summed E-state index contributed by atoms with van der Waals surface area (Å²) in [4.78, 5) is 11.2. The standard InChI is InChI=1S/C18H30N2O/c1-13(2)18(17(4,5)6)9-7-16-15(11-18)12-19-20(16)10-8-14(3)21/h12-13H,7-11H2,1-6H3. The van der Waals surface area contributed by atoms with Crippen LogP contribution in [0, 0.1) is 16.7 Å². The van der Waals surface area contributed by atoms with E-state index < -0.39 is 0 Å². The summed E-state index contributed by atoms with van der Waals surface area (Å²) in [5.41, 5.74) is 3.39. The van der Waals surface area contributed by atoms with Crippen LogP contribution in [0.25, 0.3) is 0 Å². The number of carbonyl (C=O) groups is 1. The van der Waals surface area contributed by atoms with E-state index in [9.17, 15) is 4.79 Å². The Morgan fingerprint density at radius 2 is 2.10 bits per heavy atom. The van der Waals surface area contributed by atoms with Gasteiger partial charge in [-0.05, 0) is 48.5 Å². The third kappa shape index (κ3) is 2.93. The largest absolute Gasteiger partial charge is 0.300 e. The second-order valence-corrected chi connectivity index (χ2v) is 8.03. The lowest BCUT2D eigenvalue weighted by Gasteiger charge is -2.50. The summed E-state index contributed by atoms with van der Waals surface area (Å²) in [6.45, 7) is 14.2. The summed E-state index contributed by atoms with van der Waals surface area (Å²) in [5, 5.41) is 4.54. The molecular formula is C18H30N2O. The molecule has 1 aromatic heterocycles. The van der Waals surface area contributed by atoms with Crippen LogP contribution in [0.3, 0.4) is 0 Å². The molecule has 1 aliphatic rings. The number of hydrogen-bond acceptors (Lipinski definition) is 2. The molecule has 0 spiro atoms. The molecule has 1 heterocycles. The first-order valence-corrected chi connectivity index (χ1v) is 8.20. The average molecular weight is 290 g/mol. The van der Waals surface area contributed by atoms with E-state index in [-0.39, 0.29) is 5.78 Å². The van der Waals surface area contributed by atoms with Gasteiger partial charge in [0.25, 0.3) is 0 Å². The fraction of sp³-hybridized carbons (Fsp3) is 0.778. The van der Waals surface area contributed by atoms with Gasteiger partial charge in [-0.2, -0.15) is 5.10 Å². The normalized spacial score (nSPS) is 22.4. The van der Waals surface area contributed by atoms with Crippen LogP contribution in [0.1, 0.15) is 65.6 Å². The van der Waals surface area contributed by atoms with E-state index in [0.717, 1.165) is 19.4 Å². The van der Waals surface area contributed by atoms with E-state index in [0.29, 0.717) is 23.2 Å². The molecule has 0 saturated carbocycles. The molecule has 118 valence electrons. The van der Waals surface area contributed by atoms with Crippen molar-refractivity contribution in [3.05, 3.63) is 17.5 Å². The van der Waals surface area contributed by atoms with Crippen molar-refractivity contribution in [1.29, 1.82) is 0 Å². The van der Waals surface area contributed by atoms with E-state index >= 15 is 0 Å². The Kier molecular flexibility index (Phi) is 4.32. The van der Waals surface area contributed by atoms with Gasteiger partial charge in [-0.15, -0.1) is 0 Å². The van der Waals surface area contributed by atoms with E-state index in [1.54, 1.807) is 6.92 Å². The van der Waals surface area contributed by atoms with E-state index in [1.807, 2.05) is 6.20 Å². The van der Waals surface area contributed by atoms with Gasteiger partial charge in [-0.1, -0.05) is 34.6 Å². The van der Waals surface area contributed by atoms with Crippen molar-refractivity contribution in [1.82, 2.24) is 9.78 Å². The van der Waals surface area contributed by atoms with Crippen LogP contribution in [0.2, 0.25) is 0 Å². The number of rotatable bonds is 4. The number of fused-ring (bicyclic) bond motifs is 1. The Balaban J connectivity index is 2.27. The lowest BCUT2D eigenvalue weighted by molar-refractivity contribution is -0.117. The first kappa shape index (κ1) is 16.3. The molecule has 0 radical (unpaired) electrons. The van der Waals surface area contributed by atoms with E-state index in [4.69, 9.17) is 0 Å². The van der Waals surface area contributed by atoms with Gasteiger partial charge in [0.2, 0.25) is 0 Å². The van der Waals surface area contributed by atoms with Crippen LogP contribution >= 0.6 is 0 Å². The third-order valence-electron chi connectivity index (χ3n) is 5.62. The molecule has 0 saturated heterocycles. The summed E-state index contributed by atoms with van der Waals surface area (Å²) >= 11 is 0. The molecule has 21 heavy (non-hydrogen) atoms. The SMILES string of the molecule is CC(=O)CCn1ncc2c1CCC(C(C)C)(C(C)(C)C)C2. The van der Waals surface area contributed by atoms with Crippen molar-refractivity contribution in [2.45, 2.75) is 73.8 Å². The lowest BCUT2D eigenvalue weighted by atomic mass is 9.54. The summed E-state index contributed by atoms with van der Waals surface area (Å²) in [6, 6.07) is 0. The summed E-state index contributed by atoms with van der Waals surface area (Å²) in [7, 11) is 0. The van der Waals surface area contributed by atoms with Gasteiger partial charge in [0.15, 0.2) is 0 Å². The predicted octanol–water partition coefficient (Wildman–Crippen LogP) is 4.04. The van der Waals surface area contributed by atoms with E-state index in [1.165, 1.54) is 17.7 Å². The molecule has 0 aliphatic heterocycles. The fourth-order valence-electron chi connectivity index (χ4n) is 4.11. The minimum atomic E-state index is 0.237. The second-order valence-electron chi connectivity index (χ2n) is 8.03. The first-order chi connectivity index (χ1) is 9.67. The number of Topliss-reactive ketones (excluding diaryl/α,β-unsaturated/α-hetero) is 1. The van der Waals surface area contributed by atoms with Gasteiger partial charge in [0.1, 0.15) is 5.78 Å². The highest BCUT2D eigenvalue weighted by atomic mass is 16.1. The summed E-state index contributed by atoms with van der Waals surface area (Å²) < 4.78 is 2.06. The van der Waals surface area contributed by atoms with Gasteiger partial charge in [-0.25, -0.2) is 0 Å². The molecule has 0 bridgehead atoms. The molecule has 1 atom stereocenters. The monoisotopic (exact) mass is 290 g/mol. The topological polar surface area (TPSA) is 34.9 Å². The molecule has 2 rings (SSSR count). The highest BCUT2D eigenvalue weighted by molar-refractivity contribution is 5.75. The zero-order chi connectivity index (χ0) is 15.8. The van der Waals surface area contributed by atoms with E-state index in [2.05, 4.69) is 44.4 Å². The van der Waals surface area contributed by atoms with Gasteiger partial charge in [0, 0.05) is 18.7 Å². The van der Waals surface area contributed by atoms with Crippen molar-refractivity contribution in [2.75, 3.05) is 0 Å². The number of aryl methyl sites for hydroxylation is 1. The molecule has 1 aliphatic carbocycles. The highest BCUT2D eigenvalue weighted by Crippen LogP contribution is 2.53. The van der Waals surface area contributed by atoms with Gasteiger partial charge < -0.3 is 0 Å². The minimum Gasteiger partial charge on any atom is -0.300 e. The zero-order valence-electron chi connectivity index (χ0n) is 14.5. The number of aromatic nitrogens is 2. The molecule has 1 unspecified atom stereocenters. The van der Waals surface area contributed by atoms with Crippen molar-refractivity contribution >= 4 is 5.78 Å². The first-order valence-electron chi connectivity index (χ1n) is 8.20. The molecule has 0 fully saturated rings. The van der Waals surface area contributed by atoms with Crippen molar-refractivity contribution in [3.8, 4) is 0 Å². The molecule has 3 nitrogen and oxygen atoms in total. The van der Waals surface area contributed by atoms with Gasteiger partial charge in [-0.3, -0.25) is 9.48 Å². The van der Waals surface area contributed by atoms with Crippen molar-refractivity contribution in [2.24, 2.45) is 16.7 Å². The van der Waals surface area contributed by atoms with Crippen LogP contribution in [0.15, 0.2) is 6.20 Å². The molecule has 1 aromatic rings. The van der Waals surface area contributed by atoms with Crippen LogP contribution in [-0.2, 0) is 24.2 Å². The second kappa shape index (κ2) is 5.58. The van der Waals surface area contributed by atoms with Crippen LogP contribution in [0.5, 0.6) is 0 Å². The number of hydrogen-bond donors (Lipinski definition) is 0. The Hall–Kier alpha value is -1.12. The van der Waals surface area contributed by atoms with Crippen LogP contribution in [0.4, 0.5) is 0 Å². The van der Waals surface area contributed by atoms with Gasteiger partial charge in [0.05, 0.1) is 6.20 Å². The molecule has 0 aromatic carbocycles. The Labute approximate surface area is 129 Å². The highest BCUT2D eigenvalue weighted by Gasteiger charge is 2.46. The Morgan fingerprint density at radius 1 is 1.43 bits per heavy atom. The van der Waals surface area contributed by atoms with Crippen molar-refractivity contribution in [3.63, 3.8) is 0 Å². The zero-order valence-corrected chi connectivity index (χ0v) is 14.5. The third-order valence-corrected chi connectivity index (χ3v) is 5.62. The molecule has 0 N–H and O–H groups in total. The molecule has 0 amide bonds. The summed E-state index contributed by atoms with van der Waals surface area (Å²) in [5.74, 6) is 0.896. The maximum Gasteiger partial charge on any atom is 0.131 e. The maximum atomic E-state index is 11.2.